The molecule has 0 radical (unpaired) electrons. The van der Waals surface area contributed by atoms with E-state index < -0.39 is 0 Å². The van der Waals surface area contributed by atoms with Gasteiger partial charge in [0.1, 0.15) is 48.5 Å². The third kappa shape index (κ3) is 14.9. The molecule has 0 saturated carbocycles. The summed E-state index contributed by atoms with van der Waals surface area (Å²) in [4.78, 5) is 60.1. The van der Waals surface area contributed by atoms with Crippen molar-refractivity contribution in [1.29, 1.82) is 0 Å². The van der Waals surface area contributed by atoms with Crippen molar-refractivity contribution >= 4 is 130 Å². The van der Waals surface area contributed by atoms with Crippen molar-refractivity contribution < 1.29 is 13.3 Å². The minimum Gasteiger partial charge on any atom is -0.456 e. The standard InChI is InChI=1S/2C40H24N4OS.C34H20N4OS/c1-3-12-25(13-4-1)27-16-9-17-28(24-27)38-42-37(26-14-5-2-6-15-26)43-39(44-38)29-18-10-21-32-35(29)36-30(19-11-22-33(36)45-32)40-41-31-20-7-8-23-34(31)46-40;1-3-11-25(12-4-1)26-21-23-28(24-22-26)38-42-37(27-13-5-2-6-14-27)43-39(44-38)29-15-9-18-32-35(29)36-30(16-10-19-33(36)45-32)40-41-31-17-7-8-20-34(31)46-40;1-3-11-21(12-4-1)31-36-32(22-13-5-2-6-14-22)38-33(37-31)23-15-9-18-26-29(23)30-24(16-10-19-27(30)39-26)34-35-25-17-7-8-20-28(25)40-34/h2*1-24H;1-20H. The van der Waals surface area contributed by atoms with Crippen LogP contribution in [0.2, 0.25) is 0 Å². The van der Waals surface area contributed by atoms with Crippen molar-refractivity contribution in [3.05, 3.63) is 413 Å². The van der Waals surface area contributed by atoms with Crippen molar-refractivity contribution in [2.24, 2.45) is 0 Å². The number of hydrogen-bond acceptors (Lipinski definition) is 18. The van der Waals surface area contributed by atoms with Gasteiger partial charge in [-0.05, 0) is 101 Å². The Kier molecular flexibility index (Phi) is 20.1. The minimum atomic E-state index is 0.585. The van der Waals surface area contributed by atoms with E-state index in [0.29, 0.717) is 52.4 Å². The Morgan fingerprint density at radius 2 is 0.348 bits per heavy atom. The molecule has 0 aliphatic rings. The van der Waals surface area contributed by atoms with Gasteiger partial charge in [0.15, 0.2) is 52.4 Å². The maximum absolute atomic E-state index is 6.45. The van der Waals surface area contributed by atoms with Crippen LogP contribution in [-0.2, 0) is 0 Å². The summed E-state index contributed by atoms with van der Waals surface area (Å²) >= 11 is 5.05. The fraction of sp³-hybridized carbons (Fsp3) is 0. The first-order valence-corrected chi connectivity index (χ1v) is 45.6. The smallest absolute Gasteiger partial charge is 0.164 e. The molecule has 9 aromatic heterocycles. The fourth-order valence-electron chi connectivity index (χ4n) is 17.2. The lowest BCUT2D eigenvalue weighted by molar-refractivity contribution is 0.668. The maximum atomic E-state index is 6.45. The largest absolute Gasteiger partial charge is 0.456 e. The highest BCUT2D eigenvalue weighted by molar-refractivity contribution is 7.22. The first-order valence-electron chi connectivity index (χ1n) is 43.1. The molecule has 18 heteroatoms. The van der Waals surface area contributed by atoms with Gasteiger partial charge in [-0.3, -0.25) is 0 Å². The molecule has 0 unspecified atom stereocenters. The summed E-state index contributed by atoms with van der Waals surface area (Å²) in [5.41, 5.74) is 23.5. The van der Waals surface area contributed by atoms with Crippen molar-refractivity contribution in [3.8, 4) is 156 Å². The first-order chi connectivity index (χ1) is 65.4. The summed E-state index contributed by atoms with van der Waals surface area (Å²) < 4.78 is 22.7. The molecule has 26 aromatic rings. The number of thiazole rings is 3. The van der Waals surface area contributed by atoms with Crippen LogP contribution in [0, 0.1) is 0 Å². The Balaban J connectivity index is 0.000000110. The second kappa shape index (κ2) is 33.9. The molecule has 9 heterocycles. The van der Waals surface area contributed by atoms with Crippen LogP contribution in [0.25, 0.3) is 253 Å². The van der Waals surface area contributed by atoms with E-state index in [-0.39, 0.29) is 0 Å². The molecule has 0 aliphatic carbocycles. The van der Waals surface area contributed by atoms with Crippen LogP contribution < -0.4 is 0 Å². The van der Waals surface area contributed by atoms with Crippen LogP contribution in [0.4, 0.5) is 0 Å². The van der Waals surface area contributed by atoms with Gasteiger partial charge in [0, 0.05) is 99.1 Å². The summed E-state index contributed by atoms with van der Waals surface area (Å²) in [5.74, 6) is 5.47. The SMILES string of the molecule is c1ccc(-c2ccc(-c3nc(-c4ccccc4)nc(-c4cccc5oc6cccc(-c7nc8ccccc8s7)c6c45)n3)cc2)cc1.c1ccc(-c2cccc(-c3nc(-c4ccccc4)nc(-c4cccc5oc6cccc(-c7nc8ccccc8s7)c6c45)n3)c2)cc1.c1ccc(-c2nc(-c3ccccc3)nc(-c3cccc4oc5cccc(-c6nc7ccccc7s6)c5c34)n2)cc1. The van der Waals surface area contributed by atoms with Gasteiger partial charge in [-0.1, -0.05) is 334 Å². The predicted molar refractivity (Wildman–Crippen MR) is 537 cm³/mol. The molecule has 0 amide bonds. The number of fused-ring (bicyclic) bond motifs is 12. The van der Waals surface area contributed by atoms with Crippen molar-refractivity contribution in [1.82, 2.24) is 59.8 Å². The maximum Gasteiger partial charge on any atom is 0.164 e. The normalized spacial score (nSPS) is 11.5. The zero-order chi connectivity index (χ0) is 87.4. The van der Waals surface area contributed by atoms with Crippen LogP contribution in [0.3, 0.4) is 0 Å². The van der Waals surface area contributed by atoms with E-state index in [1.807, 2.05) is 237 Å². The van der Waals surface area contributed by atoms with Gasteiger partial charge in [0.05, 0.1) is 30.6 Å². The molecule has 0 N–H and O–H groups in total. The molecular weight excluding hydrogens is 1680 g/mol. The first kappa shape index (κ1) is 78.3. The highest BCUT2D eigenvalue weighted by Gasteiger charge is 2.27. The average Bonchev–Trinajstić information content (AvgIpc) is 1.61. The van der Waals surface area contributed by atoms with E-state index in [4.69, 9.17) is 73.1 Å². The second-order valence-corrected chi connectivity index (χ2v) is 34.7. The number of benzene rings is 17. The Morgan fingerprint density at radius 1 is 0.144 bits per heavy atom. The van der Waals surface area contributed by atoms with E-state index in [2.05, 4.69) is 176 Å². The zero-order valence-corrected chi connectivity index (χ0v) is 72.5. The Bertz CT molecular complexity index is 8700. The molecule has 26 rings (SSSR count). The third-order valence-electron chi connectivity index (χ3n) is 23.4. The predicted octanol–water partition coefficient (Wildman–Crippen LogP) is 30.5. The topological polar surface area (TPSA) is 194 Å². The van der Waals surface area contributed by atoms with Crippen LogP contribution in [0.5, 0.6) is 0 Å². The van der Waals surface area contributed by atoms with Crippen LogP contribution in [0.15, 0.2) is 426 Å². The number of aromatic nitrogens is 12. The van der Waals surface area contributed by atoms with Gasteiger partial charge in [-0.2, -0.15) is 0 Å². The highest BCUT2D eigenvalue weighted by atomic mass is 32.1. The molecule has 0 bridgehead atoms. The molecule has 0 aliphatic heterocycles. The molecule has 620 valence electrons. The Labute approximate surface area is 766 Å². The summed E-state index contributed by atoms with van der Waals surface area (Å²) in [5, 5.41) is 8.75. The monoisotopic (exact) mass is 1750 g/mol. The lowest BCUT2D eigenvalue weighted by atomic mass is 10.0. The lowest BCUT2D eigenvalue weighted by Gasteiger charge is -2.10. The minimum absolute atomic E-state index is 0.585. The van der Waals surface area contributed by atoms with Crippen molar-refractivity contribution in [2.75, 3.05) is 0 Å². The Hall–Kier alpha value is -17.2. The van der Waals surface area contributed by atoms with Gasteiger partial charge >= 0.3 is 0 Å². The quantitative estimate of drug-likeness (QED) is 0.0997. The van der Waals surface area contributed by atoms with E-state index in [0.717, 1.165) is 201 Å². The second-order valence-electron chi connectivity index (χ2n) is 31.6. The average molecular weight is 1750 g/mol. The van der Waals surface area contributed by atoms with E-state index in [9.17, 15) is 0 Å². The summed E-state index contributed by atoms with van der Waals surface area (Å²) in [6.07, 6.45) is 0. The molecule has 17 aromatic carbocycles. The molecule has 0 fully saturated rings. The lowest BCUT2D eigenvalue weighted by Crippen LogP contribution is -2.00. The van der Waals surface area contributed by atoms with Crippen LogP contribution >= 0.6 is 34.0 Å². The third-order valence-corrected chi connectivity index (χ3v) is 26.6. The number of rotatable bonds is 14. The summed E-state index contributed by atoms with van der Waals surface area (Å²) in [7, 11) is 0. The van der Waals surface area contributed by atoms with Gasteiger partial charge < -0.3 is 13.3 Å². The van der Waals surface area contributed by atoms with Gasteiger partial charge in [-0.25, -0.2) is 59.8 Å². The molecule has 0 spiro atoms. The number of hydrogen-bond donors (Lipinski definition) is 0. The number of para-hydroxylation sites is 3. The van der Waals surface area contributed by atoms with Gasteiger partial charge in [0.2, 0.25) is 0 Å². The van der Waals surface area contributed by atoms with Crippen molar-refractivity contribution in [3.63, 3.8) is 0 Å². The van der Waals surface area contributed by atoms with E-state index in [1.165, 1.54) is 0 Å². The van der Waals surface area contributed by atoms with Gasteiger partial charge in [-0.15, -0.1) is 34.0 Å². The molecule has 15 nitrogen and oxygen atoms in total. The summed E-state index contributed by atoms with van der Waals surface area (Å²) in [6, 6.07) is 139. The number of nitrogens with zero attached hydrogens (tertiary/aromatic N) is 12. The molecular formula is C114H68N12O3S3. The van der Waals surface area contributed by atoms with Crippen molar-refractivity contribution in [2.45, 2.75) is 0 Å². The van der Waals surface area contributed by atoms with Crippen LogP contribution in [0.1, 0.15) is 0 Å². The fourth-order valence-corrected chi connectivity index (χ4v) is 20.2. The van der Waals surface area contributed by atoms with E-state index >= 15 is 0 Å². The number of furan rings is 3. The molecule has 132 heavy (non-hydrogen) atoms. The zero-order valence-electron chi connectivity index (χ0n) is 70.1. The van der Waals surface area contributed by atoms with Crippen LogP contribution in [-0.4, -0.2) is 59.8 Å². The highest BCUT2D eigenvalue weighted by Crippen LogP contribution is 2.48. The molecule has 0 atom stereocenters. The van der Waals surface area contributed by atoms with Gasteiger partial charge in [0.25, 0.3) is 0 Å². The van der Waals surface area contributed by atoms with E-state index in [1.54, 1.807) is 34.0 Å². The Morgan fingerprint density at radius 3 is 0.652 bits per heavy atom. The molecule has 0 saturated heterocycles. The summed E-state index contributed by atoms with van der Waals surface area (Å²) in [6.45, 7) is 0.